The molecule has 504 valence electrons. The van der Waals surface area contributed by atoms with Gasteiger partial charge in [-0.05, 0) is 111 Å². The number of benzene rings is 7. The molecule has 99 heavy (non-hydrogen) atoms. The Balaban J connectivity index is 0.000000161. The maximum absolute atomic E-state index is 13.1. The van der Waals surface area contributed by atoms with E-state index in [4.69, 9.17) is 19.5 Å². The fraction of sp³-hybridized carbons (Fsp3) is 0.225. The normalized spacial score (nSPS) is 14.3. The Morgan fingerprint density at radius 2 is 1.38 bits per heavy atom. The second kappa shape index (κ2) is 31.7. The molecule has 4 aliphatic heterocycles. The van der Waals surface area contributed by atoms with Crippen LogP contribution in [0.2, 0.25) is 0 Å². The average molecular weight is 1340 g/mol. The van der Waals surface area contributed by atoms with Gasteiger partial charge >= 0.3 is 6.03 Å². The predicted molar refractivity (Wildman–Crippen MR) is 400 cm³/mol. The summed E-state index contributed by atoms with van der Waals surface area (Å²) < 4.78 is 12.5. The molecule has 1 atom stereocenters. The molecule has 2 aromatic heterocycles. The third-order valence-electron chi connectivity index (χ3n) is 17.1. The van der Waals surface area contributed by atoms with Crippen LogP contribution in [-0.2, 0) is 17.1 Å². The molecule has 4 aliphatic rings. The highest BCUT2D eigenvalue weighted by Gasteiger charge is 2.41. The van der Waals surface area contributed by atoms with E-state index in [9.17, 15) is 29.5 Å². The van der Waals surface area contributed by atoms with Crippen molar-refractivity contribution in [3.05, 3.63) is 284 Å². The van der Waals surface area contributed by atoms with Gasteiger partial charge < -0.3 is 44.9 Å². The fourth-order valence-electron chi connectivity index (χ4n) is 12.1. The van der Waals surface area contributed by atoms with Gasteiger partial charge in [-0.15, -0.1) is 0 Å². The number of nitrogens with zero attached hydrogens (tertiary/aromatic N) is 8. The molecule has 6 heterocycles. The number of nitrogens with one attached hydrogen (secondary N) is 3. The SMILES string of the molecule is C.C=C1C=C(C)C(C#N)=C2N(CC(O)CNc3ccc(NC(C)=O)cc3)c3ccccc3N12.COc1ccc(NC(=O)N2CCC3(CC2)N=C(SCc2ccccc2)C(c2ccccc2)=N3)cc1OC.Cc1ccc(C(=O)c2cn(Cc3cccc(C)c3)c3nc(C)ccc3c2=O)cc1. The predicted octanol–water partition coefficient (Wildman–Crippen LogP) is 15.1. The number of methoxy groups -OCH3 is 2. The van der Waals surface area contributed by atoms with E-state index in [1.165, 1.54) is 12.5 Å². The fourth-order valence-corrected chi connectivity index (χ4v) is 13.1. The molecule has 0 radical (unpaired) electrons. The largest absolute Gasteiger partial charge is 0.493 e. The van der Waals surface area contributed by atoms with Crippen LogP contribution in [0.1, 0.15) is 83.5 Å². The summed E-state index contributed by atoms with van der Waals surface area (Å²) in [5.41, 5.74) is 14.2. The molecule has 0 saturated carbocycles. The van der Waals surface area contributed by atoms with Gasteiger partial charge in [-0.2, -0.15) is 5.26 Å². The van der Waals surface area contributed by atoms with Gasteiger partial charge in [0.25, 0.3) is 0 Å². The minimum Gasteiger partial charge on any atom is -0.493 e. The number of urea groups is 1. The second-order valence-corrected chi connectivity index (χ2v) is 25.3. The molecule has 1 unspecified atom stereocenters. The number of ether oxygens (including phenoxy) is 2. The highest BCUT2D eigenvalue weighted by molar-refractivity contribution is 8.15. The third-order valence-corrected chi connectivity index (χ3v) is 18.1. The number of β-amino-alcohol motifs (C(OH)–C–C–N with tert-alkyl or cyclic N) is 1. The number of carbonyl (C=O) groups is 3. The molecule has 4 N–H and O–H groups in total. The number of ketones is 1. The van der Waals surface area contributed by atoms with Crippen molar-refractivity contribution in [2.45, 2.75) is 79.0 Å². The number of aliphatic imine (C=N–C) groups is 2. The van der Waals surface area contributed by atoms with E-state index in [1.54, 1.807) is 86.8 Å². The van der Waals surface area contributed by atoms with E-state index in [-0.39, 0.29) is 36.1 Å². The summed E-state index contributed by atoms with van der Waals surface area (Å²) in [7, 11) is 3.16. The Hall–Kier alpha value is -11.3. The smallest absolute Gasteiger partial charge is 0.321 e. The van der Waals surface area contributed by atoms with Crippen molar-refractivity contribution in [2.24, 2.45) is 9.98 Å². The number of nitriles is 1. The zero-order valence-corrected chi connectivity index (χ0v) is 56.7. The van der Waals surface area contributed by atoms with Crippen LogP contribution >= 0.6 is 11.8 Å². The number of thioether (sulfide) groups is 1. The van der Waals surface area contributed by atoms with Gasteiger partial charge in [0.2, 0.25) is 11.3 Å². The zero-order chi connectivity index (χ0) is 69.0. The van der Waals surface area contributed by atoms with Crippen LogP contribution in [0.25, 0.3) is 11.0 Å². The Labute approximate surface area is 582 Å². The van der Waals surface area contributed by atoms with Gasteiger partial charge in [-0.25, -0.2) is 14.8 Å². The van der Waals surface area contributed by atoms with E-state index in [0.717, 1.165) is 78.6 Å². The number of carbonyl (C=O) groups excluding carboxylic acids is 3. The van der Waals surface area contributed by atoms with Crippen molar-refractivity contribution >= 4 is 79.7 Å². The highest BCUT2D eigenvalue weighted by Crippen LogP contribution is 2.48. The Morgan fingerprint density at radius 1 is 0.727 bits per heavy atom. The molecule has 7 aromatic carbocycles. The topological polar surface area (TPSA) is 219 Å². The summed E-state index contributed by atoms with van der Waals surface area (Å²) in [6.07, 6.45) is 4.22. The number of anilines is 5. The minimum atomic E-state index is -0.704. The molecule has 1 spiro atoms. The van der Waals surface area contributed by atoms with Gasteiger partial charge in [0.15, 0.2) is 22.9 Å². The number of likely N-dealkylation sites (tertiary alicyclic amines) is 1. The lowest BCUT2D eigenvalue weighted by molar-refractivity contribution is -0.114. The molecule has 0 bridgehead atoms. The molecule has 3 amide bonds. The van der Waals surface area contributed by atoms with Gasteiger partial charge in [0.05, 0.1) is 60.5 Å². The number of para-hydroxylation sites is 2. The maximum Gasteiger partial charge on any atom is 0.321 e. The van der Waals surface area contributed by atoms with Crippen LogP contribution < -0.4 is 40.7 Å². The monoisotopic (exact) mass is 1340 g/mol. The summed E-state index contributed by atoms with van der Waals surface area (Å²) in [6.45, 7) is 15.7. The summed E-state index contributed by atoms with van der Waals surface area (Å²) in [6, 6.07) is 62.4. The van der Waals surface area contributed by atoms with Crippen LogP contribution in [-0.4, -0.2) is 100 Å². The molecule has 1 saturated heterocycles. The molecule has 9 aromatic rings. The van der Waals surface area contributed by atoms with Crippen LogP contribution in [0, 0.1) is 32.1 Å². The number of hydrogen-bond donors (Lipinski definition) is 4. The Morgan fingerprint density at radius 3 is 2.06 bits per heavy atom. The van der Waals surface area contributed by atoms with Gasteiger partial charge in [-0.3, -0.25) is 24.3 Å². The number of hydrogen-bond acceptors (Lipinski definition) is 15. The third kappa shape index (κ3) is 16.6. The van der Waals surface area contributed by atoms with Crippen molar-refractivity contribution in [2.75, 3.05) is 66.1 Å². The first-order chi connectivity index (χ1) is 47.4. The minimum absolute atomic E-state index is 0. The van der Waals surface area contributed by atoms with Crippen molar-refractivity contribution in [3.63, 3.8) is 0 Å². The van der Waals surface area contributed by atoms with Crippen LogP contribution in [0.15, 0.2) is 244 Å². The van der Waals surface area contributed by atoms with Crippen LogP contribution in [0.5, 0.6) is 11.5 Å². The van der Waals surface area contributed by atoms with Gasteiger partial charge in [0, 0.05) is 104 Å². The summed E-state index contributed by atoms with van der Waals surface area (Å²) in [4.78, 5) is 71.1. The standard InChI is InChI=1S/C29H30N4O3S.C25H25N5O2.C25H22N2O2.CH4/c1-35-24-14-13-23(19-25(24)36-2)30-28(34)33-17-15-29(16-18-33)31-26(22-11-7-4-8-12-22)27(32-29)37-20-21-9-5-3-6-10-21;1-16-12-17(2)30-24-7-5-4-6-23(24)29(25(30)22(16)13-26)15-21(32)14-27-19-8-10-20(11-9-19)28-18(3)31;1-16-7-10-20(11-8-16)23(28)22-15-27(14-19-6-4-5-17(2)13-19)25-21(24(22)29)12-9-18(3)26-25;/h3-14,19H,15-18,20H2,1-2H3,(H,30,34);4-12,21,27,32H,2,14-15H2,1,3H3,(H,28,31);4-13,15H,14H2,1-3H3;1H4. The quantitative estimate of drug-likeness (QED) is 0.0663. The number of aliphatic hydroxyl groups excluding tert-OH is 1. The number of pyridine rings is 2. The van der Waals surface area contributed by atoms with Crippen molar-refractivity contribution < 1.29 is 29.0 Å². The average Bonchev–Trinajstić information content (AvgIpc) is 1.62. The number of allylic oxidation sites excluding steroid dienone is 3. The number of aromatic nitrogens is 2. The molecule has 19 heteroatoms. The Kier molecular flexibility index (Phi) is 22.6. The first kappa shape index (κ1) is 70.5. The summed E-state index contributed by atoms with van der Waals surface area (Å²) in [5.74, 6) is 2.37. The lowest BCUT2D eigenvalue weighted by Crippen LogP contribution is -2.46. The number of fused-ring (bicyclic) bond motifs is 4. The van der Waals surface area contributed by atoms with Crippen molar-refractivity contribution in [1.82, 2.24) is 14.5 Å². The van der Waals surface area contributed by atoms with Gasteiger partial charge in [0.1, 0.15) is 22.6 Å². The van der Waals surface area contributed by atoms with E-state index >= 15 is 0 Å². The molecular weight excluding hydrogens is 1260 g/mol. The Bertz CT molecular complexity index is 4710. The highest BCUT2D eigenvalue weighted by atomic mass is 32.2. The van der Waals surface area contributed by atoms with E-state index in [0.29, 0.717) is 90.6 Å². The van der Waals surface area contributed by atoms with Crippen molar-refractivity contribution in [1.29, 1.82) is 5.26 Å². The second-order valence-electron chi connectivity index (χ2n) is 24.4. The first-order valence-electron chi connectivity index (χ1n) is 32.3. The van der Waals surface area contributed by atoms with Gasteiger partial charge in [-0.1, -0.05) is 158 Å². The lowest BCUT2D eigenvalue weighted by atomic mass is 9.98. The number of amides is 3. The first-order valence-corrected chi connectivity index (χ1v) is 33.2. The van der Waals surface area contributed by atoms with E-state index in [1.807, 2.05) is 144 Å². The molecular formula is C80H81N11O7S. The number of piperidine rings is 1. The van der Waals surface area contributed by atoms with E-state index < -0.39 is 11.8 Å². The maximum atomic E-state index is 13.1. The number of aryl methyl sites for hydroxylation is 3. The molecule has 18 nitrogen and oxygen atoms in total. The molecule has 1 fully saturated rings. The summed E-state index contributed by atoms with van der Waals surface area (Å²) in [5, 5.41) is 31.0. The zero-order valence-electron chi connectivity index (χ0n) is 55.9. The lowest BCUT2D eigenvalue weighted by Gasteiger charge is -2.35. The van der Waals surface area contributed by atoms with Crippen LogP contribution in [0.4, 0.5) is 33.2 Å². The molecule has 0 aliphatic carbocycles. The summed E-state index contributed by atoms with van der Waals surface area (Å²) >= 11 is 1.73. The van der Waals surface area contributed by atoms with E-state index in [2.05, 4.69) is 76.0 Å². The number of aliphatic hydroxyl groups is 1. The van der Waals surface area contributed by atoms with Crippen molar-refractivity contribution in [3.8, 4) is 17.6 Å². The molecule has 13 rings (SSSR count). The van der Waals surface area contributed by atoms with Crippen LogP contribution in [0.3, 0.4) is 0 Å². The number of rotatable bonds is 16.